The van der Waals surface area contributed by atoms with Crippen LogP contribution in [0.3, 0.4) is 0 Å². The summed E-state index contributed by atoms with van der Waals surface area (Å²) in [5.74, 6) is 0.000192. The standard InChI is InChI=1S/C35H47Cl2N6O6S.ClH/c1-24-10-11-25-7-5-9-29(32(25)39-24)49-23-26-27(36)12-13-30(31(26)37)50(46,47)40-35(14-21-48-22-15-35)34(45)42-18-16-41(17-19-42)33(44)28(38)8-6-20-43(2,3)4;/h5,7,9-13,28,40H,6,8,14-23,38H2,1-4H3;1H/q+1;/p-1/t28-;/m0./s1. The highest BCUT2D eigenvalue weighted by Gasteiger charge is 2.47. The van der Waals surface area contributed by atoms with Crippen molar-refractivity contribution in [3.8, 4) is 5.75 Å². The average Bonchev–Trinajstić information content (AvgIpc) is 3.07. The van der Waals surface area contributed by atoms with Crippen LogP contribution in [0, 0.1) is 6.92 Å². The van der Waals surface area contributed by atoms with Crippen molar-refractivity contribution in [3.05, 3.63) is 63.8 Å². The summed E-state index contributed by atoms with van der Waals surface area (Å²) >= 11 is 13.3. The zero-order chi connectivity index (χ0) is 36.3. The number of hydrogen-bond donors (Lipinski definition) is 2. The van der Waals surface area contributed by atoms with Crippen LogP contribution in [0.25, 0.3) is 10.9 Å². The normalized spacial score (nSPS) is 17.2. The zero-order valence-electron chi connectivity index (χ0n) is 29.5. The second-order valence-electron chi connectivity index (χ2n) is 14.1. The second kappa shape index (κ2) is 16.9. The summed E-state index contributed by atoms with van der Waals surface area (Å²) < 4.78 is 43.3. The Morgan fingerprint density at radius 2 is 1.71 bits per heavy atom. The zero-order valence-corrected chi connectivity index (χ0v) is 32.5. The number of fused-ring (bicyclic) bond motifs is 1. The Hall–Kier alpha value is -2.75. The van der Waals surface area contributed by atoms with Gasteiger partial charge in [-0.05, 0) is 56.9 Å². The molecular formula is C35H47Cl3N6O6S. The topological polar surface area (TPSA) is 144 Å². The van der Waals surface area contributed by atoms with E-state index in [0.717, 1.165) is 28.5 Å². The fourth-order valence-corrected chi connectivity index (χ4v) is 8.67. The predicted octanol–water partition coefficient (Wildman–Crippen LogP) is 0.745. The van der Waals surface area contributed by atoms with E-state index in [-0.39, 0.29) is 90.5 Å². The highest BCUT2D eigenvalue weighted by molar-refractivity contribution is 7.89. The number of piperazine rings is 1. The molecule has 0 unspecified atom stereocenters. The van der Waals surface area contributed by atoms with Gasteiger partial charge in [0.25, 0.3) is 0 Å². The fourth-order valence-electron chi connectivity index (χ4n) is 6.37. The predicted molar refractivity (Wildman–Crippen MR) is 194 cm³/mol. The maximum Gasteiger partial charge on any atom is 0.244 e. The number of rotatable bonds is 12. The van der Waals surface area contributed by atoms with E-state index in [1.54, 1.807) is 15.9 Å². The number of quaternary nitrogens is 1. The molecule has 2 aliphatic heterocycles. The maximum absolute atomic E-state index is 14.2. The number of para-hydroxylation sites is 1. The number of amides is 2. The Labute approximate surface area is 316 Å². The van der Waals surface area contributed by atoms with Gasteiger partial charge in [-0.1, -0.05) is 41.4 Å². The number of nitrogens with one attached hydrogen (secondary N) is 1. The molecule has 2 amide bonds. The Morgan fingerprint density at radius 3 is 2.37 bits per heavy atom. The first-order valence-corrected chi connectivity index (χ1v) is 19.1. The molecule has 5 rings (SSSR count). The molecule has 0 radical (unpaired) electrons. The molecule has 51 heavy (non-hydrogen) atoms. The molecule has 2 aliphatic rings. The third-order valence-corrected chi connectivity index (χ3v) is 11.7. The van der Waals surface area contributed by atoms with Gasteiger partial charge in [-0.15, -0.1) is 0 Å². The maximum atomic E-state index is 14.2. The van der Waals surface area contributed by atoms with Gasteiger partial charge in [-0.25, -0.2) is 13.4 Å². The number of nitrogens with zero attached hydrogens (tertiary/aromatic N) is 4. The third-order valence-electron chi connectivity index (χ3n) is 9.26. The van der Waals surface area contributed by atoms with E-state index in [0.29, 0.717) is 30.8 Å². The molecule has 1 atom stereocenters. The largest absolute Gasteiger partial charge is 1.00 e. The molecular weight excluding hydrogens is 739 g/mol. The molecule has 2 aromatic carbocycles. The number of aryl methyl sites for hydroxylation is 1. The lowest BCUT2D eigenvalue weighted by atomic mass is 9.89. The van der Waals surface area contributed by atoms with Crippen LogP contribution in [0.5, 0.6) is 5.75 Å². The lowest BCUT2D eigenvalue weighted by Gasteiger charge is -2.43. The number of benzene rings is 2. The first-order chi connectivity index (χ1) is 23.6. The lowest BCUT2D eigenvalue weighted by molar-refractivity contribution is -0.870. The van der Waals surface area contributed by atoms with Gasteiger partial charge < -0.3 is 41.9 Å². The van der Waals surface area contributed by atoms with Crippen LogP contribution in [0.15, 0.2) is 47.4 Å². The molecule has 2 fully saturated rings. The van der Waals surface area contributed by atoms with E-state index in [2.05, 4.69) is 30.8 Å². The second-order valence-corrected chi connectivity index (χ2v) is 16.5. The lowest BCUT2D eigenvalue weighted by Crippen LogP contribution is -3.00. The van der Waals surface area contributed by atoms with Crippen molar-refractivity contribution >= 4 is 55.9 Å². The molecule has 0 saturated carbocycles. The van der Waals surface area contributed by atoms with E-state index in [1.807, 2.05) is 31.2 Å². The molecule has 2 saturated heterocycles. The summed E-state index contributed by atoms with van der Waals surface area (Å²) in [6.07, 6.45) is 1.68. The van der Waals surface area contributed by atoms with Gasteiger partial charge in [0.1, 0.15) is 28.3 Å². The van der Waals surface area contributed by atoms with Crippen LogP contribution >= 0.6 is 23.2 Å². The highest BCUT2D eigenvalue weighted by Crippen LogP contribution is 2.35. The quantitative estimate of drug-likeness (QED) is 0.256. The number of carbonyl (C=O) groups is 2. The molecule has 0 spiro atoms. The number of halogens is 3. The smallest absolute Gasteiger partial charge is 0.244 e. The number of sulfonamides is 1. The van der Waals surface area contributed by atoms with Crippen LogP contribution in [0.1, 0.15) is 36.9 Å². The van der Waals surface area contributed by atoms with Gasteiger partial charge in [-0.3, -0.25) is 9.59 Å². The summed E-state index contributed by atoms with van der Waals surface area (Å²) in [6.45, 7) is 4.20. The van der Waals surface area contributed by atoms with Crippen molar-refractivity contribution in [2.75, 3.05) is 67.1 Å². The van der Waals surface area contributed by atoms with Crippen molar-refractivity contribution in [2.45, 2.75) is 55.7 Å². The number of pyridine rings is 1. The van der Waals surface area contributed by atoms with Crippen molar-refractivity contribution in [3.63, 3.8) is 0 Å². The highest BCUT2D eigenvalue weighted by atomic mass is 35.5. The minimum absolute atomic E-state index is 0. The number of hydrogen-bond acceptors (Lipinski definition) is 8. The van der Waals surface area contributed by atoms with Crippen LogP contribution in [0.2, 0.25) is 10.0 Å². The Morgan fingerprint density at radius 1 is 1.04 bits per heavy atom. The van der Waals surface area contributed by atoms with Crippen molar-refractivity contribution in [1.29, 1.82) is 0 Å². The molecule has 280 valence electrons. The summed E-state index contributed by atoms with van der Waals surface area (Å²) in [7, 11) is 1.94. The number of aromatic nitrogens is 1. The van der Waals surface area contributed by atoms with Crippen molar-refractivity contribution in [2.24, 2.45) is 5.73 Å². The minimum atomic E-state index is -4.34. The van der Waals surface area contributed by atoms with E-state index in [4.69, 9.17) is 38.4 Å². The van der Waals surface area contributed by atoms with Crippen molar-refractivity contribution < 1.29 is 44.4 Å². The molecule has 0 aliphatic carbocycles. The third kappa shape index (κ3) is 9.82. The Bertz CT molecular complexity index is 1830. The number of carbonyl (C=O) groups excluding carboxylic acids is 2. The first-order valence-electron chi connectivity index (χ1n) is 16.8. The van der Waals surface area contributed by atoms with Crippen LogP contribution < -0.4 is 27.6 Å². The van der Waals surface area contributed by atoms with Gasteiger partial charge in [0.15, 0.2) is 0 Å². The van der Waals surface area contributed by atoms with Gasteiger partial charge in [0.05, 0.1) is 38.8 Å². The fraction of sp³-hybridized carbons (Fsp3) is 0.514. The molecule has 12 nitrogen and oxygen atoms in total. The van der Waals surface area contributed by atoms with Gasteiger partial charge >= 0.3 is 0 Å². The van der Waals surface area contributed by atoms with E-state index >= 15 is 0 Å². The Kier molecular flexibility index (Phi) is 13.6. The minimum Gasteiger partial charge on any atom is -1.00 e. The number of nitrogens with two attached hydrogens (primary N) is 1. The molecule has 3 heterocycles. The average molecular weight is 786 g/mol. The van der Waals surface area contributed by atoms with Gasteiger partial charge in [-0.2, -0.15) is 4.72 Å². The summed E-state index contributed by atoms with van der Waals surface area (Å²) in [4.78, 5) is 34.9. The monoisotopic (exact) mass is 784 g/mol. The molecule has 0 bridgehead atoms. The van der Waals surface area contributed by atoms with E-state index in [1.165, 1.54) is 12.1 Å². The van der Waals surface area contributed by atoms with Crippen LogP contribution in [-0.2, 0) is 31.0 Å². The van der Waals surface area contributed by atoms with E-state index < -0.39 is 21.6 Å². The summed E-state index contributed by atoms with van der Waals surface area (Å²) in [5, 5.41) is 1.02. The Balaban J connectivity index is 0.00000583. The summed E-state index contributed by atoms with van der Waals surface area (Å²) in [5.41, 5.74) is 6.55. The molecule has 16 heteroatoms. The van der Waals surface area contributed by atoms with Crippen molar-refractivity contribution in [1.82, 2.24) is 19.5 Å². The van der Waals surface area contributed by atoms with E-state index in [9.17, 15) is 18.0 Å². The van der Waals surface area contributed by atoms with Gasteiger partial charge in [0, 0.05) is 61.1 Å². The summed E-state index contributed by atoms with van der Waals surface area (Å²) in [6, 6.07) is 11.6. The molecule has 3 aromatic rings. The molecule has 3 N–H and O–H groups in total. The van der Waals surface area contributed by atoms with Gasteiger partial charge in [0.2, 0.25) is 21.8 Å². The number of ether oxygens (including phenoxy) is 2. The van der Waals surface area contributed by atoms with Crippen LogP contribution in [-0.4, -0.2) is 118 Å². The first kappa shape index (κ1) is 41.0. The SMILES string of the molecule is Cc1ccc2cccc(OCc3c(Cl)ccc(S(=O)(=O)NC4(C(=O)N5CCN(C(=O)[C@@H](N)CCC[N+](C)(C)C)CC5)CCOCC4)c3Cl)c2n1.[Cl-]. The molecule has 1 aromatic heterocycles. The van der Waals surface area contributed by atoms with Crippen LogP contribution in [0.4, 0.5) is 0 Å².